The van der Waals surface area contributed by atoms with Crippen LogP contribution in [0.3, 0.4) is 0 Å². The minimum Gasteiger partial charge on any atom is -0.490 e. The smallest absolute Gasteiger partial charge is 0.331 e. The lowest BCUT2D eigenvalue weighted by molar-refractivity contribution is -0.385. The fourth-order valence-corrected chi connectivity index (χ4v) is 3.17. The van der Waals surface area contributed by atoms with Crippen molar-refractivity contribution < 1.29 is 24.0 Å². The summed E-state index contributed by atoms with van der Waals surface area (Å²) in [5.41, 5.74) is -1.29. The molecule has 0 bridgehead atoms. The van der Waals surface area contributed by atoms with E-state index in [1.807, 2.05) is 0 Å². The Morgan fingerprint density at radius 2 is 1.80 bits per heavy atom. The van der Waals surface area contributed by atoms with Crippen LogP contribution in [-0.2, 0) is 9.53 Å². The van der Waals surface area contributed by atoms with Gasteiger partial charge < -0.3 is 14.8 Å². The molecule has 136 valence electrons. The molecule has 0 atom stereocenters. The highest BCUT2D eigenvalue weighted by atomic mass is 16.6. The van der Waals surface area contributed by atoms with Gasteiger partial charge in [0.2, 0.25) is 0 Å². The van der Waals surface area contributed by atoms with Crippen molar-refractivity contribution in [2.24, 2.45) is 0 Å². The van der Waals surface area contributed by atoms with Gasteiger partial charge in [0.05, 0.1) is 19.1 Å². The topological polar surface area (TPSA) is 108 Å². The lowest BCUT2D eigenvalue weighted by atomic mass is 9.89. The summed E-state index contributed by atoms with van der Waals surface area (Å²) in [6.07, 6.45) is 4.56. The van der Waals surface area contributed by atoms with Crippen molar-refractivity contribution in [2.75, 3.05) is 14.2 Å². The second kappa shape index (κ2) is 7.96. The van der Waals surface area contributed by atoms with Crippen molar-refractivity contribution in [3.8, 4) is 5.75 Å². The van der Waals surface area contributed by atoms with E-state index >= 15 is 0 Å². The number of nitro groups is 1. The Morgan fingerprint density at radius 3 is 2.32 bits per heavy atom. The quantitative estimate of drug-likeness (QED) is 0.378. The van der Waals surface area contributed by atoms with Gasteiger partial charge in [-0.15, -0.1) is 0 Å². The molecule has 0 heterocycles. The van der Waals surface area contributed by atoms with Crippen molar-refractivity contribution in [3.05, 3.63) is 33.9 Å². The van der Waals surface area contributed by atoms with Crippen LogP contribution in [0.1, 0.15) is 48.9 Å². The Labute approximate surface area is 145 Å². The SMILES string of the molecule is COC(=O)C1(NC(=O)c2ccc(OC)c([N+](=O)[O-])c2)CCCCCC1. The van der Waals surface area contributed by atoms with Gasteiger partial charge in [0.15, 0.2) is 5.75 Å². The first kappa shape index (κ1) is 18.7. The molecule has 1 aliphatic carbocycles. The monoisotopic (exact) mass is 350 g/mol. The lowest BCUT2D eigenvalue weighted by Gasteiger charge is -2.30. The minimum absolute atomic E-state index is 0.0682. The highest BCUT2D eigenvalue weighted by Crippen LogP contribution is 2.30. The zero-order valence-corrected chi connectivity index (χ0v) is 14.4. The molecule has 25 heavy (non-hydrogen) atoms. The molecule has 1 saturated carbocycles. The van der Waals surface area contributed by atoms with E-state index in [-0.39, 0.29) is 17.0 Å². The maximum Gasteiger partial charge on any atom is 0.331 e. The molecule has 0 radical (unpaired) electrons. The number of esters is 1. The lowest BCUT2D eigenvalue weighted by Crippen LogP contribution is -2.54. The van der Waals surface area contributed by atoms with Crippen LogP contribution < -0.4 is 10.1 Å². The van der Waals surface area contributed by atoms with Crippen molar-refractivity contribution in [1.82, 2.24) is 5.32 Å². The van der Waals surface area contributed by atoms with Crippen molar-refractivity contribution in [2.45, 2.75) is 44.1 Å². The number of nitro benzene ring substituents is 1. The van der Waals surface area contributed by atoms with Gasteiger partial charge in [-0.2, -0.15) is 0 Å². The Kier molecular flexibility index (Phi) is 5.95. The number of ether oxygens (including phenoxy) is 2. The number of benzene rings is 1. The van der Waals surface area contributed by atoms with Gasteiger partial charge >= 0.3 is 11.7 Å². The number of amides is 1. The molecule has 1 aromatic carbocycles. The number of nitrogens with one attached hydrogen (secondary N) is 1. The van der Waals surface area contributed by atoms with Crippen LogP contribution in [0, 0.1) is 10.1 Å². The van der Waals surface area contributed by atoms with Crippen LogP contribution in [-0.4, -0.2) is 36.6 Å². The summed E-state index contributed by atoms with van der Waals surface area (Å²) in [6, 6.07) is 3.95. The standard InChI is InChI=1S/C17H22N2O6/c1-24-14-8-7-12(11-13(14)19(22)23)15(20)18-17(16(21)25-2)9-5-3-4-6-10-17/h7-8,11H,3-6,9-10H2,1-2H3,(H,18,20). The van der Waals surface area contributed by atoms with Crippen LogP contribution in [0.4, 0.5) is 5.69 Å². The molecule has 1 amide bonds. The number of hydrogen-bond donors (Lipinski definition) is 1. The van der Waals surface area contributed by atoms with Crippen molar-refractivity contribution in [3.63, 3.8) is 0 Å². The summed E-state index contributed by atoms with van der Waals surface area (Å²) < 4.78 is 9.84. The summed E-state index contributed by atoms with van der Waals surface area (Å²) >= 11 is 0. The summed E-state index contributed by atoms with van der Waals surface area (Å²) in [7, 11) is 2.61. The van der Waals surface area contributed by atoms with Crippen LogP contribution in [0.5, 0.6) is 5.75 Å². The fourth-order valence-electron chi connectivity index (χ4n) is 3.17. The summed E-state index contributed by atoms with van der Waals surface area (Å²) in [6.45, 7) is 0. The Balaban J connectivity index is 2.30. The van der Waals surface area contributed by atoms with Gasteiger partial charge in [-0.05, 0) is 25.0 Å². The minimum atomic E-state index is -1.09. The third kappa shape index (κ3) is 4.07. The molecule has 1 aliphatic rings. The second-order valence-corrected chi connectivity index (χ2v) is 6.09. The first-order chi connectivity index (χ1) is 11.9. The number of methoxy groups -OCH3 is 2. The fraction of sp³-hybridized carbons (Fsp3) is 0.529. The van der Waals surface area contributed by atoms with Gasteiger partial charge in [-0.3, -0.25) is 14.9 Å². The highest BCUT2D eigenvalue weighted by Gasteiger charge is 2.41. The molecule has 0 unspecified atom stereocenters. The second-order valence-electron chi connectivity index (χ2n) is 6.09. The van der Waals surface area contributed by atoms with Crippen LogP contribution >= 0.6 is 0 Å². The molecule has 1 fully saturated rings. The molecule has 0 spiro atoms. The van der Waals surface area contributed by atoms with Gasteiger partial charge in [-0.1, -0.05) is 25.7 Å². The van der Waals surface area contributed by atoms with E-state index < -0.39 is 22.3 Å². The van der Waals surface area contributed by atoms with Gasteiger partial charge in [0, 0.05) is 11.6 Å². The van der Waals surface area contributed by atoms with E-state index in [1.165, 1.54) is 26.4 Å². The maximum absolute atomic E-state index is 12.6. The zero-order valence-electron chi connectivity index (χ0n) is 14.4. The highest BCUT2D eigenvalue weighted by molar-refractivity contribution is 5.98. The third-order valence-electron chi connectivity index (χ3n) is 4.52. The van der Waals surface area contributed by atoms with Crippen LogP contribution in [0.25, 0.3) is 0 Å². The first-order valence-corrected chi connectivity index (χ1v) is 8.17. The maximum atomic E-state index is 12.6. The summed E-state index contributed by atoms with van der Waals surface area (Å²) in [5.74, 6) is -0.956. The Bertz CT molecular complexity index is 665. The summed E-state index contributed by atoms with van der Waals surface area (Å²) in [5, 5.41) is 13.9. The Morgan fingerprint density at radius 1 is 1.16 bits per heavy atom. The van der Waals surface area contributed by atoms with Gasteiger partial charge in [0.1, 0.15) is 5.54 Å². The van der Waals surface area contributed by atoms with Crippen LogP contribution in [0.15, 0.2) is 18.2 Å². The van der Waals surface area contributed by atoms with Gasteiger partial charge in [-0.25, -0.2) is 4.79 Å². The summed E-state index contributed by atoms with van der Waals surface area (Å²) in [4.78, 5) is 35.5. The molecular formula is C17H22N2O6. The van der Waals surface area contributed by atoms with E-state index in [0.29, 0.717) is 12.8 Å². The molecule has 8 heteroatoms. The van der Waals surface area contributed by atoms with Crippen molar-refractivity contribution >= 4 is 17.6 Å². The van der Waals surface area contributed by atoms with E-state index in [4.69, 9.17) is 9.47 Å². The number of nitrogens with zero attached hydrogens (tertiary/aromatic N) is 1. The third-order valence-corrected chi connectivity index (χ3v) is 4.52. The molecule has 0 saturated heterocycles. The number of hydrogen-bond acceptors (Lipinski definition) is 6. The van der Waals surface area contributed by atoms with E-state index in [1.54, 1.807) is 0 Å². The normalized spacial score (nSPS) is 16.4. The zero-order chi connectivity index (χ0) is 18.4. The number of rotatable bonds is 5. The number of carbonyl (C=O) groups is 2. The van der Waals surface area contributed by atoms with Crippen LogP contribution in [0.2, 0.25) is 0 Å². The predicted octanol–water partition coefficient (Wildman–Crippen LogP) is 2.60. The van der Waals surface area contributed by atoms with Crippen molar-refractivity contribution in [1.29, 1.82) is 0 Å². The average molecular weight is 350 g/mol. The Hall–Kier alpha value is -2.64. The molecule has 8 nitrogen and oxygen atoms in total. The first-order valence-electron chi connectivity index (χ1n) is 8.17. The van der Waals surface area contributed by atoms with E-state index in [0.717, 1.165) is 31.7 Å². The van der Waals surface area contributed by atoms with Gasteiger partial charge in [0.25, 0.3) is 5.91 Å². The number of carbonyl (C=O) groups excluding carboxylic acids is 2. The molecule has 0 aliphatic heterocycles. The average Bonchev–Trinajstić information content (AvgIpc) is 2.86. The van der Waals surface area contributed by atoms with E-state index in [9.17, 15) is 19.7 Å². The molecule has 0 aromatic heterocycles. The largest absolute Gasteiger partial charge is 0.490 e. The molecule has 1 aromatic rings. The molecule has 2 rings (SSSR count). The molecule has 1 N–H and O–H groups in total. The predicted molar refractivity (Wildman–Crippen MR) is 89.6 cm³/mol. The van der Waals surface area contributed by atoms with E-state index in [2.05, 4.69) is 5.32 Å². The molecular weight excluding hydrogens is 328 g/mol.